The molecule has 0 unspecified atom stereocenters. The van der Waals surface area contributed by atoms with Crippen LogP contribution < -0.4 is 9.47 Å². The van der Waals surface area contributed by atoms with Crippen molar-refractivity contribution in [3.05, 3.63) is 23.8 Å². The lowest BCUT2D eigenvalue weighted by molar-refractivity contribution is 0.199. The SMILES string of the molecule is COc1cccc(C)c1OC1CCCC1. The van der Waals surface area contributed by atoms with Gasteiger partial charge in [-0.3, -0.25) is 0 Å². The average Bonchev–Trinajstić information content (AvgIpc) is 2.74. The van der Waals surface area contributed by atoms with Crippen molar-refractivity contribution in [1.82, 2.24) is 0 Å². The van der Waals surface area contributed by atoms with E-state index < -0.39 is 0 Å². The second-order valence-electron chi connectivity index (χ2n) is 4.13. The summed E-state index contributed by atoms with van der Waals surface area (Å²) in [4.78, 5) is 0. The first-order valence-corrected chi connectivity index (χ1v) is 5.61. The van der Waals surface area contributed by atoms with Crippen molar-refractivity contribution in [1.29, 1.82) is 0 Å². The maximum absolute atomic E-state index is 6.00. The molecule has 0 aliphatic heterocycles. The molecule has 2 nitrogen and oxygen atoms in total. The third kappa shape index (κ3) is 2.25. The van der Waals surface area contributed by atoms with Crippen LogP contribution in [-0.2, 0) is 0 Å². The molecule has 0 saturated heterocycles. The molecular formula is C13H18O2. The molecule has 1 aromatic rings. The summed E-state index contributed by atoms with van der Waals surface area (Å²) in [5.74, 6) is 1.77. The Balaban J connectivity index is 2.17. The summed E-state index contributed by atoms with van der Waals surface area (Å²) in [5.41, 5.74) is 1.15. The van der Waals surface area contributed by atoms with Crippen LogP contribution in [0, 0.1) is 6.92 Å². The predicted molar refractivity (Wildman–Crippen MR) is 60.6 cm³/mol. The van der Waals surface area contributed by atoms with Gasteiger partial charge >= 0.3 is 0 Å². The van der Waals surface area contributed by atoms with E-state index in [1.165, 1.54) is 25.7 Å². The van der Waals surface area contributed by atoms with Gasteiger partial charge < -0.3 is 9.47 Å². The van der Waals surface area contributed by atoms with E-state index in [1.807, 2.05) is 12.1 Å². The number of aryl methyl sites for hydroxylation is 1. The van der Waals surface area contributed by atoms with Crippen molar-refractivity contribution >= 4 is 0 Å². The number of para-hydroxylation sites is 1. The second-order valence-corrected chi connectivity index (χ2v) is 4.13. The second kappa shape index (κ2) is 4.56. The van der Waals surface area contributed by atoms with Crippen LogP contribution >= 0.6 is 0 Å². The van der Waals surface area contributed by atoms with Crippen molar-refractivity contribution in [3.8, 4) is 11.5 Å². The molecule has 1 fully saturated rings. The van der Waals surface area contributed by atoms with Crippen molar-refractivity contribution in [2.45, 2.75) is 38.7 Å². The first-order chi connectivity index (χ1) is 7.31. The molecule has 0 atom stereocenters. The van der Waals surface area contributed by atoms with Gasteiger partial charge in [0.15, 0.2) is 11.5 Å². The van der Waals surface area contributed by atoms with Crippen molar-refractivity contribution in [3.63, 3.8) is 0 Å². The minimum atomic E-state index is 0.389. The standard InChI is InChI=1S/C13H18O2/c1-10-6-5-9-12(14-2)13(10)15-11-7-3-4-8-11/h5-6,9,11H,3-4,7-8H2,1-2H3. The van der Waals surface area contributed by atoms with E-state index >= 15 is 0 Å². The summed E-state index contributed by atoms with van der Waals surface area (Å²) in [5, 5.41) is 0. The Kier molecular flexibility index (Phi) is 3.14. The Bertz CT molecular complexity index is 327. The number of methoxy groups -OCH3 is 1. The van der Waals surface area contributed by atoms with Crippen LogP contribution in [0.25, 0.3) is 0 Å². The van der Waals surface area contributed by atoms with Crippen LogP contribution in [0.1, 0.15) is 31.2 Å². The Morgan fingerprint density at radius 3 is 2.60 bits per heavy atom. The summed E-state index contributed by atoms with van der Waals surface area (Å²) in [6, 6.07) is 6.01. The van der Waals surface area contributed by atoms with E-state index in [2.05, 4.69) is 13.0 Å². The number of rotatable bonds is 3. The summed E-state index contributed by atoms with van der Waals surface area (Å²) in [6.45, 7) is 2.06. The van der Waals surface area contributed by atoms with Gasteiger partial charge in [0.05, 0.1) is 13.2 Å². The molecule has 1 aromatic carbocycles. The van der Waals surface area contributed by atoms with Gasteiger partial charge in [0.25, 0.3) is 0 Å². The fourth-order valence-electron chi connectivity index (χ4n) is 2.11. The Morgan fingerprint density at radius 2 is 1.93 bits per heavy atom. The molecule has 0 spiro atoms. The molecule has 2 heteroatoms. The minimum Gasteiger partial charge on any atom is -0.493 e. The van der Waals surface area contributed by atoms with Gasteiger partial charge in [-0.2, -0.15) is 0 Å². The molecule has 0 amide bonds. The lowest BCUT2D eigenvalue weighted by atomic mass is 10.2. The van der Waals surface area contributed by atoms with Gasteiger partial charge in [-0.05, 0) is 44.2 Å². The minimum absolute atomic E-state index is 0.389. The lowest BCUT2D eigenvalue weighted by Gasteiger charge is -2.17. The summed E-state index contributed by atoms with van der Waals surface area (Å²) < 4.78 is 11.3. The smallest absolute Gasteiger partial charge is 0.164 e. The maximum Gasteiger partial charge on any atom is 0.164 e. The summed E-state index contributed by atoms with van der Waals surface area (Å²) in [6.07, 6.45) is 5.33. The molecule has 0 heterocycles. The maximum atomic E-state index is 6.00. The number of benzene rings is 1. The highest BCUT2D eigenvalue weighted by Gasteiger charge is 2.19. The van der Waals surface area contributed by atoms with Crippen LogP contribution in [-0.4, -0.2) is 13.2 Å². The van der Waals surface area contributed by atoms with Crippen LogP contribution in [0.4, 0.5) is 0 Å². The van der Waals surface area contributed by atoms with Gasteiger partial charge in [0.2, 0.25) is 0 Å². The van der Waals surface area contributed by atoms with Crippen LogP contribution in [0.5, 0.6) is 11.5 Å². The Hall–Kier alpha value is -1.18. The fraction of sp³-hybridized carbons (Fsp3) is 0.538. The first kappa shape index (κ1) is 10.3. The summed E-state index contributed by atoms with van der Waals surface area (Å²) in [7, 11) is 1.69. The first-order valence-electron chi connectivity index (χ1n) is 5.61. The number of hydrogen-bond donors (Lipinski definition) is 0. The zero-order valence-electron chi connectivity index (χ0n) is 9.45. The topological polar surface area (TPSA) is 18.5 Å². The molecule has 15 heavy (non-hydrogen) atoms. The zero-order chi connectivity index (χ0) is 10.7. The quantitative estimate of drug-likeness (QED) is 0.755. The molecule has 0 bridgehead atoms. The monoisotopic (exact) mass is 206 g/mol. The van der Waals surface area contributed by atoms with Gasteiger partial charge in [-0.1, -0.05) is 12.1 Å². The number of hydrogen-bond acceptors (Lipinski definition) is 2. The molecule has 0 radical (unpaired) electrons. The van der Waals surface area contributed by atoms with E-state index in [0.29, 0.717) is 6.10 Å². The molecule has 1 saturated carbocycles. The molecular weight excluding hydrogens is 188 g/mol. The van der Waals surface area contributed by atoms with Crippen LogP contribution in [0.3, 0.4) is 0 Å². The summed E-state index contributed by atoms with van der Waals surface area (Å²) >= 11 is 0. The van der Waals surface area contributed by atoms with E-state index in [4.69, 9.17) is 9.47 Å². The molecule has 82 valence electrons. The predicted octanol–water partition coefficient (Wildman–Crippen LogP) is 3.33. The van der Waals surface area contributed by atoms with Crippen molar-refractivity contribution in [2.24, 2.45) is 0 Å². The average molecular weight is 206 g/mol. The van der Waals surface area contributed by atoms with Crippen molar-refractivity contribution < 1.29 is 9.47 Å². The highest BCUT2D eigenvalue weighted by Crippen LogP contribution is 2.34. The molecule has 2 rings (SSSR count). The van der Waals surface area contributed by atoms with E-state index in [9.17, 15) is 0 Å². The highest BCUT2D eigenvalue weighted by atomic mass is 16.5. The fourth-order valence-corrected chi connectivity index (χ4v) is 2.11. The third-order valence-corrected chi connectivity index (χ3v) is 2.98. The highest BCUT2D eigenvalue weighted by molar-refractivity contribution is 5.45. The van der Waals surface area contributed by atoms with Crippen LogP contribution in [0.15, 0.2) is 18.2 Å². The van der Waals surface area contributed by atoms with Crippen molar-refractivity contribution in [2.75, 3.05) is 7.11 Å². The Morgan fingerprint density at radius 1 is 1.20 bits per heavy atom. The molecule has 1 aliphatic rings. The van der Waals surface area contributed by atoms with Gasteiger partial charge in [-0.15, -0.1) is 0 Å². The van der Waals surface area contributed by atoms with Gasteiger partial charge in [-0.25, -0.2) is 0 Å². The molecule has 0 N–H and O–H groups in total. The normalized spacial score (nSPS) is 16.7. The lowest BCUT2D eigenvalue weighted by Crippen LogP contribution is -2.12. The number of ether oxygens (including phenoxy) is 2. The van der Waals surface area contributed by atoms with Gasteiger partial charge in [0.1, 0.15) is 0 Å². The van der Waals surface area contributed by atoms with E-state index in [0.717, 1.165) is 17.1 Å². The Labute approximate surface area is 91.2 Å². The van der Waals surface area contributed by atoms with E-state index in [-0.39, 0.29) is 0 Å². The molecule has 1 aliphatic carbocycles. The molecule has 0 aromatic heterocycles. The van der Waals surface area contributed by atoms with E-state index in [1.54, 1.807) is 7.11 Å². The third-order valence-electron chi connectivity index (χ3n) is 2.98. The zero-order valence-corrected chi connectivity index (χ0v) is 9.45. The van der Waals surface area contributed by atoms with Crippen LogP contribution in [0.2, 0.25) is 0 Å². The largest absolute Gasteiger partial charge is 0.493 e. The van der Waals surface area contributed by atoms with Gasteiger partial charge in [0, 0.05) is 0 Å².